The van der Waals surface area contributed by atoms with Crippen LogP contribution in [-0.2, 0) is 0 Å². The molecule has 0 aliphatic heterocycles. The number of hydrogen-bond acceptors (Lipinski definition) is 3. The van der Waals surface area contributed by atoms with Crippen LogP contribution in [0.25, 0.3) is 0 Å². The van der Waals surface area contributed by atoms with Crippen molar-refractivity contribution in [3.63, 3.8) is 0 Å². The maximum atomic E-state index is 12.3. The molecule has 21 heavy (non-hydrogen) atoms. The maximum absolute atomic E-state index is 12.3. The molecule has 0 radical (unpaired) electrons. The van der Waals surface area contributed by atoms with Gasteiger partial charge in [-0.2, -0.15) is 0 Å². The average molecular weight is 298 g/mol. The van der Waals surface area contributed by atoms with Crippen LogP contribution in [0.2, 0.25) is 0 Å². The molecule has 1 aliphatic rings. The van der Waals surface area contributed by atoms with Gasteiger partial charge in [-0.3, -0.25) is 0 Å². The fourth-order valence-electron chi connectivity index (χ4n) is 2.41. The van der Waals surface area contributed by atoms with E-state index in [1.54, 1.807) is 6.20 Å². The largest absolute Gasteiger partial charge is 0.471 e. The van der Waals surface area contributed by atoms with Gasteiger partial charge in [0.05, 0.1) is 0 Å². The van der Waals surface area contributed by atoms with Crippen molar-refractivity contribution in [3.8, 4) is 5.88 Å². The Balaban J connectivity index is 2.16. The van der Waals surface area contributed by atoms with Crippen LogP contribution >= 0.6 is 0 Å². The standard InChI is InChI=1S/C16H24F2N2O/c1-10(20-16(2,3)4)12-7-13(11-5-6-11)15(19-8-12)21-9-14(17)18/h7-8,10-11,14,20H,5-6,9H2,1-4H3. The average Bonchev–Trinajstić information content (AvgIpc) is 3.18. The first-order valence-electron chi connectivity index (χ1n) is 7.45. The summed E-state index contributed by atoms with van der Waals surface area (Å²) in [6.07, 6.45) is 1.41. The summed E-state index contributed by atoms with van der Waals surface area (Å²) < 4.78 is 29.8. The van der Waals surface area contributed by atoms with Crippen molar-refractivity contribution < 1.29 is 13.5 Å². The molecule has 0 spiro atoms. The molecule has 0 amide bonds. The lowest BCUT2D eigenvalue weighted by Crippen LogP contribution is -2.37. The Kier molecular flexibility index (Phi) is 4.81. The zero-order valence-electron chi connectivity index (χ0n) is 13.1. The van der Waals surface area contributed by atoms with E-state index >= 15 is 0 Å². The van der Waals surface area contributed by atoms with Crippen LogP contribution in [0.3, 0.4) is 0 Å². The molecule has 1 atom stereocenters. The third-order valence-electron chi connectivity index (χ3n) is 3.41. The Morgan fingerprint density at radius 2 is 2.05 bits per heavy atom. The number of nitrogens with one attached hydrogen (secondary N) is 1. The third-order valence-corrected chi connectivity index (χ3v) is 3.41. The first-order chi connectivity index (χ1) is 9.76. The number of pyridine rings is 1. The SMILES string of the molecule is CC(NC(C)(C)C)c1cnc(OCC(F)F)c(C2CC2)c1. The number of ether oxygens (including phenoxy) is 1. The highest BCUT2D eigenvalue weighted by molar-refractivity contribution is 5.37. The molecule has 1 fully saturated rings. The summed E-state index contributed by atoms with van der Waals surface area (Å²) in [5, 5.41) is 3.49. The van der Waals surface area contributed by atoms with Gasteiger partial charge in [-0.1, -0.05) is 0 Å². The molecule has 1 unspecified atom stereocenters. The predicted molar refractivity (Wildman–Crippen MR) is 79.0 cm³/mol. The van der Waals surface area contributed by atoms with Gasteiger partial charge in [0.25, 0.3) is 6.43 Å². The fourth-order valence-corrected chi connectivity index (χ4v) is 2.41. The number of halogens is 2. The first kappa shape index (κ1) is 16.1. The van der Waals surface area contributed by atoms with Crippen LogP contribution in [0.1, 0.15) is 63.6 Å². The van der Waals surface area contributed by atoms with E-state index in [1.807, 2.05) is 0 Å². The first-order valence-corrected chi connectivity index (χ1v) is 7.45. The summed E-state index contributed by atoms with van der Waals surface area (Å²) in [6, 6.07) is 2.20. The van der Waals surface area contributed by atoms with Crippen molar-refractivity contribution in [2.75, 3.05) is 6.61 Å². The molecular formula is C16H24F2N2O. The monoisotopic (exact) mass is 298 g/mol. The highest BCUT2D eigenvalue weighted by atomic mass is 19.3. The van der Waals surface area contributed by atoms with E-state index in [0.717, 1.165) is 24.0 Å². The van der Waals surface area contributed by atoms with Crippen LogP contribution < -0.4 is 10.1 Å². The zero-order valence-corrected chi connectivity index (χ0v) is 13.1. The Bertz CT molecular complexity index is 482. The molecule has 1 aromatic rings. The third kappa shape index (κ3) is 4.92. The minimum Gasteiger partial charge on any atom is -0.471 e. The molecule has 0 aromatic carbocycles. The second-order valence-electron chi connectivity index (χ2n) is 6.76. The minimum atomic E-state index is -2.47. The quantitative estimate of drug-likeness (QED) is 0.860. The van der Waals surface area contributed by atoms with Crippen LogP contribution in [0.5, 0.6) is 5.88 Å². The van der Waals surface area contributed by atoms with E-state index in [9.17, 15) is 8.78 Å². The lowest BCUT2D eigenvalue weighted by Gasteiger charge is -2.26. The number of nitrogens with zero attached hydrogens (tertiary/aromatic N) is 1. The molecule has 2 rings (SSSR count). The minimum absolute atomic E-state index is 0.00398. The van der Waals surface area contributed by atoms with Crippen molar-refractivity contribution in [3.05, 3.63) is 23.4 Å². The molecule has 1 heterocycles. The van der Waals surface area contributed by atoms with E-state index in [-0.39, 0.29) is 11.6 Å². The number of hydrogen-bond donors (Lipinski definition) is 1. The van der Waals surface area contributed by atoms with Gasteiger partial charge in [-0.25, -0.2) is 13.8 Å². The maximum Gasteiger partial charge on any atom is 0.272 e. The lowest BCUT2D eigenvalue weighted by molar-refractivity contribution is 0.0790. The second-order valence-corrected chi connectivity index (χ2v) is 6.76. The molecule has 5 heteroatoms. The van der Waals surface area contributed by atoms with Crippen LogP contribution in [-0.4, -0.2) is 23.6 Å². The Labute approximate surface area is 125 Å². The molecule has 0 bridgehead atoms. The summed E-state index contributed by atoms with van der Waals surface area (Å²) >= 11 is 0. The van der Waals surface area contributed by atoms with Crippen molar-refractivity contribution in [1.82, 2.24) is 10.3 Å². The topological polar surface area (TPSA) is 34.2 Å². The zero-order chi connectivity index (χ0) is 15.6. The smallest absolute Gasteiger partial charge is 0.272 e. The van der Waals surface area contributed by atoms with E-state index in [1.165, 1.54) is 0 Å². The van der Waals surface area contributed by atoms with E-state index in [0.29, 0.717) is 11.8 Å². The lowest BCUT2D eigenvalue weighted by atomic mass is 10.0. The van der Waals surface area contributed by atoms with Crippen molar-refractivity contribution in [2.45, 2.75) is 64.5 Å². The molecule has 1 N–H and O–H groups in total. The highest BCUT2D eigenvalue weighted by Gasteiger charge is 2.29. The van der Waals surface area contributed by atoms with Gasteiger partial charge in [0, 0.05) is 23.3 Å². The van der Waals surface area contributed by atoms with Crippen LogP contribution in [0.4, 0.5) is 8.78 Å². The van der Waals surface area contributed by atoms with Gasteiger partial charge in [-0.15, -0.1) is 0 Å². The number of rotatable bonds is 6. The molecule has 1 saturated carbocycles. The molecule has 1 aromatic heterocycles. The van der Waals surface area contributed by atoms with Gasteiger partial charge in [-0.05, 0) is 58.1 Å². The van der Waals surface area contributed by atoms with E-state index < -0.39 is 13.0 Å². The second kappa shape index (κ2) is 6.26. The van der Waals surface area contributed by atoms with Crippen LogP contribution in [0, 0.1) is 0 Å². The number of aromatic nitrogens is 1. The summed E-state index contributed by atoms with van der Waals surface area (Å²) in [4.78, 5) is 4.27. The van der Waals surface area contributed by atoms with Crippen molar-refractivity contribution >= 4 is 0 Å². The summed E-state index contributed by atoms with van der Waals surface area (Å²) in [5.74, 6) is 0.775. The Morgan fingerprint density at radius 1 is 1.38 bits per heavy atom. The van der Waals surface area contributed by atoms with E-state index in [2.05, 4.69) is 44.1 Å². The van der Waals surface area contributed by atoms with Gasteiger partial charge >= 0.3 is 0 Å². The van der Waals surface area contributed by atoms with Gasteiger partial charge in [0.1, 0.15) is 0 Å². The van der Waals surface area contributed by atoms with Crippen LogP contribution in [0.15, 0.2) is 12.3 Å². The van der Waals surface area contributed by atoms with Crippen molar-refractivity contribution in [2.24, 2.45) is 0 Å². The van der Waals surface area contributed by atoms with Crippen molar-refractivity contribution in [1.29, 1.82) is 0 Å². The molecule has 0 saturated heterocycles. The summed E-state index contributed by atoms with van der Waals surface area (Å²) in [6.45, 7) is 7.82. The molecule has 3 nitrogen and oxygen atoms in total. The molecule has 1 aliphatic carbocycles. The Morgan fingerprint density at radius 3 is 2.57 bits per heavy atom. The van der Waals surface area contributed by atoms with Gasteiger partial charge in [0.15, 0.2) is 6.61 Å². The number of alkyl halides is 2. The predicted octanol–water partition coefficient (Wildman–Crippen LogP) is 4.05. The van der Waals surface area contributed by atoms with E-state index in [4.69, 9.17) is 4.74 Å². The fraction of sp³-hybridized carbons (Fsp3) is 0.688. The normalized spacial score (nSPS) is 17.1. The molecule has 118 valence electrons. The molecular weight excluding hydrogens is 274 g/mol. The summed E-state index contributed by atoms with van der Waals surface area (Å²) in [7, 11) is 0. The van der Waals surface area contributed by atoms with Gasteiger partial charge in [0.2, 0.25) is 5.88 Å². The van der Waals surface area contributed by atoms with Gasteiger partial charge < -0.3 is 10.1 Å². The highest BCUT2D eigenvalue weighted by Crippen LogP contribution is 2.44. The summed E-state index contributed by atoms with van der Waals surface area (Å²) in [5.41, 5.74) is 2.04. The Hall–Kier alpha value is -1.23.